The van der Waals surface area contributed by atoms with E-state index < -0.39 is 17.3 Å². The molecule has 1 aromatic heterocycles. The third-order valence-corrected chi connectivity index (χ3v) is 4.96. The number of nitrogens with one attached hydrogen (secondary N) is 3. The summed E-state index contributed by atoms with van der Waals surface area (Å²) in [6.45, 7) is 7.48. The van der Waals surface area contributed by atoms with E-state index in [1.807, 2.05) is 18.7 Å². The molecule has 31 heavy (non-hydrogen) atoms. The number of likely N-dealkylation sites (N-methyl/N-ethyl adjacent to an activating group) is 1. The van der Waals surface area contributed by atoms with Gasteiger partial charge in [0.2, 0.25) is 11.5 Å². The predicted octanol–water partition coefficient (Wildman–Crippen LogP) is 3.51. The van der Waals surface area contributed by atoms with Crippen LogP contribution in [0.15, 0.2) is 47.3 Å². The Kier molecular flexibility index (Phi) is 6.81. The van der Waals surface area contributed by atoms with Gasteiger partial charge in [0.1, 0.15) is 5.82 Å². The van der Waals surface area contributed by atoms with Gasteiger partial charge in [0, 0.05) is 22.8 Å². The van der Waals surface area contributed by atoms with Gasteiger partial charge in [0.25, 0.3) is 5.91 Å². The van der Waals surface area contributed by atoms with E-state index in [1.165, 1.54) is 6.07 Å². The van der Waals surface area contributed by atoms with Crippen molar-refractivity contribution in [2.24, 2.45) is 0 Å². The van der Waals surface area contributed by atoms with Crippen molar-refractivity contribution in [2.75, 3.05) is 30.3 Å². The van der Waals surface area contributed by atoms with Gasteiger partial charge in [-0.15, -0.1) is 0 Å². The first kappa shape index (κ1) is 22.2. The SMILES string of the molecule is CCN(CC)CC(=O)Nc1cccc(NC(=O)c2cc(=O)[nH]c3c(F)cc(C)cc23)c1. The molecular weight excluding hydrogens is 399 g/mol. The van der Waals surface area contributed by atoms with Gasteiger partial charge in [0.15, 0.2) is 0 Å². The average Bonchev–Trinajstić information content (AvgIpc) is 2.72. The molecule has 0 saturated heterocycles. The number of aromatic nitrogens is 1. The number of pyridine rings is 1. The maximum absolute atomic E-state index is 14.3. The van der Waals surface area contributed by atoms with E-state index in [0.717, 1.165) is 19.2 Å². The summed E-state index contributed by atoms with van der Waals surface area (Å²) in [4.78, 5) is 41.5. The van der Waals surface area contributed by atoms with Crippen molar-refractivity contribution in [1.29, 1.82) is 0 Å². The molecule has 0 saturated carbocycles. The van der Waals surface area contributed by atoms with Crippen molar-refractivity contribution in [2.45, 2.75) is 20.8 Å². The van der Waals surface area contributed by atoms with Crippen LogP contribution in [0.3, 0.4) is 0 Å². The average molecular weight is 424 g/mol. The molecule has 7 nitrogen and oxygen atoms in total. The Hall–Kier alpha value is -3.52. The lowest BCUT2D eigenvalue weighted by atomic mass is 10.1. The Labute approximate surface area is 179 Å². The highest BCUT2D eigenvalue weighted by Crippen LogP contribution is 2.22. The molecule has 3 aromatic rings. The third kappa shape index (κ3) is 5.35. The molecule has 2 aromatic carbocycles. The number of H-pyrrole nitrogens is 1. The number of hydrogen-bond donors (Lipinski definition) is 3. The minimum Gasteiger partial charge on any atom is -0.325 e. The zero-order valence-electron chi connectivity index (χ0n) is 17.7. The fraction of sp³-hybridized carbons (Fsp3) is 0.261. The third-order valence-electron chi connectivity index (χ3n) is 4.96. The van der Waals surface area contributed by atoms with Gasteiger partial charge in [-0.3, -0.25) is 19.3 Å². The number of benzene rings is 2. The van der Waals surface area contributed by atoms with Gasteiger partial charge < -0.3 is 15.6 Å². The molecule has 0 aliphatic heterocycles. The van der Waals surface area contributed by atoms with Crippen LogP contribution in [-0.2, 0) is 4.79 Å². The van der Waals surface area contributed by atoms with Gasteiger partial charge >= 0.3 is 0 Å². The molecule has 3 N–H and O–H groups in total. The van der Waals surface area contributed by atoms with E-state index in [9.17, 15) is 18.8 Å². The highest BCUT2D eigenvalue weighted by atomic mass is 19.1. The van der Waals surface area contributed by atoms with Gasteiger partial charge in [-0.05, 0) is 55.9 Å². The Morgan fingerprint density at radius 1 is 1.03 bits per heavy atom. The molecular formula is C23H25FN4O3. The molecule has 0 spiro atoms. The number of rotatable bonds is 7. The second-order valence-electron chi connectivity index (χ2n) is 7.26. The smallest absolute Gasteiger partial charge is 0.256 e. The molecule has 8 heteroatoms. The number of halogens is 1. The monoisotopic (exact) mass is 424 g/mol. The molecule has 0 aliphatic carbocycles. The largest absolute Gasteiger partial charge is 0.325 e. The summed E-state index contributed by atoms with van der Waals surface area (Å²) in [7, 11) is 0. The predicted molar refractivity (Wildman–Crippen MR) is 120 cm³/mol. The molecule has 0 aliphatic rings. The number of aryl methyl sites for hydroxylation is 1. The quantitative estimate of drug-likeness (QED) is 0.541. The van der Waals surface area contributed by atoms with E-state index in [0.29, 0.717) is 22.3 Å². The number of hydrogen-bond acceptors (Lipinski definition) is 4. The summed E-state index contributed by atoms with van der Waals surface area (Å²) in [6, 6.07) is 10.8. The van der Waals surface area contributed by atoms with Gasteiger partial charge in [-0.25, -0.2) is 4.39 Å². The van der Waals surface area contributed by atoms with Crippen LogP contribution in [0.2, 0.25) is 0 Å². The summed E-state index contributed by atoms with van der Waals surface area (Å²) >= 11 is 0. The number of amides is 2. The maximum atomic E-state index is 14.3. The van der Waals surface area contributed by atoms with Crippen LogP contribution >= 0.6 is 0 Å². The van der Waals surface area contributed by atoms with E-state index in [1.54, 1.807) is 37.3 Å². The summed E-state index contributed by atoms with van der Waals surface area (Å²) in [6.07, 6.45) is 0. The molecule has 1 heterocycles. The zero-order valence-corrected chi connectivity index (χ0v) is 17.7. The van der Waals surface area contributed by atoms with Gasteiger partial charge in [-0.1, -0.05) is 19.9 Å². The van der Waals surface area contributed by atoms with Crippen molar-refractivity contribution in [3.8, 4) is 0 Å². The second kappa shape index (κ2) is 9.53. The minimum atomic E-state index is -0.598. The summed E-state index contributed by atoms with van der Waals surface area (Å²) in [5, 5.41) is 5.85. The Balaban J connectivity index is 1.83. The first-order valence-corrected chi connectivity index (χ1v) is 10.1. The Morgan fingerprint density at radius 2 is 1.71 bits per heavy atom. The Bertz CT molecular complexity index is 1190. The van der Waals surface area contributed by atoms with Crippen molar-refractivity contribution in [3.05, 3.63) is 69.8 Å². The van der Waals surface area contributed by atoms with Crippen LogP contribution in [0.25, 0.3) is 10.9 Å². The highest BCUT2D eigenvalue weighted by Gasteiger charge is 2.15. The first-order valence-electron chi connectivity index (χ1n) is 10.1. The summed E-state index contributed by atoms with van der Waals surface area (Å²) in [5.74, 6) is -1.30. The van der Waals surface area contributed by atoms with Crippen LogP contribution in [0.1, 0.15) is 29.8 Å². The second-order valence-corrected chi connectivity index (χ2v) is 7.26. The van der Waals surface area contributed by atoms with Crippen molar-refractivity contribution >= 4 is 34.1 Å². The highest BCUT2D eigenvalue weighted by molar-refractivity contribution is 6.12. The minimum absolute atomic E-state index is 0.0133. The molecule has 0 unspecified atom stereocenters. The van der Waals surface area contributed by atoms with E-state index in [-0.39, 0.29) is 23.5 Å². The summed E-state index contributed by atoms with van der Waals surface area (Å²) in [5.41, 5.74) is 1.08. The van der Waals surface area contributed by atoms with E-state index in [2.05, 4.69) is 15.6 Å². The van der Waals surface area contributed by atoms with Gasteiger partial charge in [0.05, 0.1) is 17.6 Å². The van der Waals surface area contributed by atoms with Gasteiger partial charge in [-0.2, -0.15) is 0 Å². The lowest BCUT2D eigenvalue weighted by Gasteiger charge is -2.17. The molecule has 0 fully saturated rings. The van der Waals surface area contributed by atoms with Crippen LogP contribution in [0.5, 0.6) is 0 Å². The number of anilines is 2. The Morgan fingerprint density at radius 3 is 2.39 bits per heavy atom. The lowest BCUT2D eigenvalue weighted by molar-refractivity contribution is -0.117. The number of fused-ring (bicyclic) bond motifs is 1. The zero-order chi connectivity index (χ0) is 22.5. The first-order chi connectivity index (χ1) is 14.8. The van der Waals surface area contributed by atoms with Crippen LogP contribution in [-0.4, -0.2) is 41.3 Å². The summed E-state index contributed by atoms with van der Waals surface area (Å²) < 4.78 is 14.3. The van der Waals surface area contributed by atoms with Crippen LogP contribution < -0.4 is 16.2 Å². The van der Waals surface area contributed by atoms with E-state index >= 15 is 0 Å². The number of aromatic amines is 1. The van der Waals surface area contributed by atoms with Crippen LogP contribution in [0.4, 0.5) is 15.8 Å². The maximum Gasteiger partial charge on any atom is 0.256 e. The lowest BCUT2D eigenvalue weighted by Crippen LogP contribution is -2.32. The molecule has 0 atom stereocenters. The van der Waals surface area contributed by atoms with Crippen LogP contribution in [0, 0.1) is 12.7 Å². The van der Waals surface area contributed by atoms with Crippen molar-refractivity contribution < 1.29 is 14.0 Å². The standard InChI is InChI=1S/C23H25FN4O3/c1-4-28(5-2)13-21(30)25-15-7-6-8-16(11-15)26-23(31)18-12-20(29)27-22-17(18)9-14(3)10-19(22)24/h6-12H,4-5,13H2,1-3H3,(H,25,30)(H,26,31)(H,27,29). The number of carbonyl (C=O) groups excluding carboxylic acids is 2. The number of nitrogens with zero attached hydrogens (tertiary/aromatic N) is 1. The fourth-order valence-corrected chi connectivity index (χ4v) is 3.36. The normalized spacial score (nSPS) is 11.0. The molecule has 2 amide bonds. The van der Waals surface area contributed by atoms with E-state index in [4.69, 9.17) is 0 Å². The number of carbonyl (C=O) groups is 2. The molecule has 0 bridgehead atoms. The fourth-order valence-electron chi connectivity index (χ4n) is 3.36. The van der Waals surface area contributed by atoms with Crippen molar-refractivity contribution in [1.82, 2.24) is 9.88 Å². The molecule has 0 radical (unpaired) electrons. The molecule has 3 rings (SSSR count). The topological polar surface area (TPSA) is 94.3 Å². The van der Waals surface area contributed by atoms with Crippen molar-refractivity contribution in [3.63, 3.8) is 0 Å². The molecule has 162 valence electrons.